The Hall–Kier alpha value is -2.50. The van der Waals surface area contributed by atoms with Crippen molar-refractivity contribution in [2.45, 2.75) is 0 Å². The van der Waals surface area contributed by atoms with Gasteiger partial charge in [0.2, 0.25) is 0 Å². The zero-order valence-electron chi connectivity index (χ0n) is 8.27. The molecule has 0 aliphatic heterocycles. The first-order valence-electron chi connectivity index (χ1n) is 4.75. The second-order valence-electron chi connectivity index (χ2n) is 3.48. The van der Waals surface area contributed by atoms with Crippen LogP contribution in [0.3, 0.4) is 0 Å². The molecule has 0 atom stereocenters. The normalized spacial score (nSPS) is 11.0. The number of hydrogen-bond donors (Lipinski definition) is 3. The van der Waals surface area contributed by atoms with E-state index in [4.69, 9.17) is 5.73 Å². The van der Waals surface area contributed by atoms with Gasteiger partial charge in [-0.2, -0.15) is 4.52 Å². The summed E-state index contributed by atoms with van der Waals surface area (Å²) in [7, 11) is 0. The molecule has 0 unspecified atom stereocenters. The van der Waals surface area contributed by atoms with E-state index in [1.165, 1.54) is 10.6 Å². The monoisotopic (exact) mass is 215 g/mol. The first kappa shape index (κ1) is 8.78. The van der Waals surface area contributed by atoms with E-state index in [1.807, 2.05) is 6.07 Å². The fraction of sp³-hybridized carbons (Fsp3) is 0. The van der Waals surface area contributed by atoms with Crippen LogP contribution in [0.1, 0.15) is 0 Å². The molecule has 4 N–H and O–H groups in total. The summed E-state index contributed by atoms with van der Waals surface area (Å²) < 4.78 is 1.31. The van der Waals surface area contributed by atoms with Gasteiger partial charge in [0.05, 0.1) is 5.69 Å². The Bertz CT molecular complexity index is 692. The van der Waals surface area contributed by atoms with E-state index in [-0.39, 0.29) is 5.56 Å². The standard InChI is InChI=1S/C10H9N5O/c11-8-4-9-13-7(6-1-2-12-5-6)3-10(16)15(9)14-8/h1-5,12,14H,11H2. The van der Waals surface area contributed by atoms with Crippen LogP contribution in [0.2, 0.25) is 0 Å². The third kappa shape index (κ3) is 1.20. The summed E-state index contributed by atoms with van der Waals surface area (Å²) >= 11 is 0. The number of hydrogen-bond acceptors (Lipinski definition) is 3. The number of nitrogens with two attached hydrogens (primary N) is 1. The van der Waals surface area contributed by atoms with Gasteiger partial charge in [-0.25, -0.2) is 4.98 Å². The van der Waals surface area contributed by atoms with Gasteiger partial charge in [-0.1, -0.05) is 0 Å². The lowest BCUT2D eigenvalue weighted by molar-refractivity contribution is 0.906. The lowest BCUT2D eigenvalue weighted by Gasteiger charge is -1.97. The Morgan fingerprint density at radius 2 is 2.25 bits per heavy atom. The molecule has 0 radical (unpaired) electrons. The Kier molecular flexibility index (Phi) is 1.64. The Balaban J connectivity index is 2.33. The molecule has 0 saturated heterocycles. The van der Waals surface area contributed by atoms with Crippen molar-refractivity contribution >= 4 is 11.5 Å². The van der Waals surface area contributed by atoms with E-state index in [9.17, 15) is 4.79 Å². The Morgan fingerprint density at radius 1 is 1.38 bits per heavy atom. The molecule has 0 amide bonds. The van der Waals surface area contributed by atoms with Crippen LogP contribution in [-0.2, 0) is 0 Å². The minimum Gasteiger partial charge on any atom is -0.384 e. The fourth-order valence-corrected chi connectivity index (χ4v) is 1.64. The number of aromatic amines is 2. The zero-order valence-corrected chi connectivity index (χ0v) is 8.27. The first-order valence-corrected chi connectivity index (χ1v) is 4.75. The van der Waals surface area contributed by atoms with Crippen LogP contribution in [-0.4, -0.2) is 19.6 Å². The summed E-state index contributed by atoms with van der Waals surface area (Å²) in [6.07, 6.45) is 3.57. The smallest absolute Gasteiger partial charge is 0.273 e. The number of H-pyrrole nitrogens is 2. The number of nitrogen functional groups attached to an aromatic ring is 1. The lowest BCUT2D eigenvalue weighted by Crippen LogP contribution is -2.14. The van der Waals surface area contributed by atoms with Crippen molar-refractivity contribution in [3.05, 3.63) is 40.9 Å². The second kappa shape index (κ2) is 2.99. The molecule has 6 nitrogen and oxygen atoms in total. The SMILES string of the molecule is Nc1cc2nc(-c3cc[nH]c3)cc(=O)n2[nH]1. The maximum absolute atomic E-state index is 11.7. The second-order valence-corrected chi connectivity index (χ2v) is 3.48. The van der Waals surface area contributed by atoms with Gasteiger partial charge in [0.25, 0.3) is 5.56 Å². The van der Waals surface area contributed by atoms with Gasteiger partial charge in [-0.3, -0.25) is 9.89 Å². The van der Waals surface area contributed by atoms with Gasteiger partial charge < -0.3 is 10.7 Å². The third-order valence-corrected chi connectivity index (χ3v) is 2.36. The van der Waals surface area contributed by atoms with Crippen LogP contribution in [0.15, 0.2) is 35.4 Å². The zero-order chi connectivity index (χ0) is 11.1. The number of anilines is 1. The molecule has 0 bridgehead atoms. The highest BCUT2D eigenvalue weighted by atomic mass is 16.1. The van der Waals surface area contributed by atoms with Gasteiger partial charge in [-0.05, 0) is 6.07 Å². The third-order valence-electron chi connectivity index (χ3n) is 2.36. The maximum atomic E-state index is 11.7. The average Bonchev–Trinajstić information content (AvgIpc) is 2.84. The van der Waals surface area contributed by atoms with Crippen molar-refractivity contribution < 1.29 is 0 Å². The summed E-state index contributed by atoms with van der Waals surface area (Å²) in [4.78, 5) is 19.0. The lowest BCUT2D eigenvalue weighted by atomic mass is 10.2. The van der Waals surface area contributed by atoms with Gasteiger partial charge in [-0.15, -0.1) is 0 Å². The molecule has 16 heavy (non-hydrogen) atoms. The fourth-order valence-electron chi connectivity index (χ4n) is 1.64. The minimum atomic E-state index is -0.182. The summed E-state index contributed by atoms with van der Waals surface area (Å²) in [5.41, 5.74) is 7.40. The van der Waals surface area contributed by atoms with Gasteiger partial charge in [0.1, 0.15) is 5.82 Å². The van der Waals surface area contributed by atoms with Crippen LogP contribution in [0.4, 0.5) is 5.82 Å². The van der Waals surface area contributed by atoms with Crippen molar-refractivity contribution in [1.29, 1.82) is 0 Å². The van der Waals surface area contributed by atoms with Crippen molar-refractivity contribution in [3.8, 4) is 11.3 Å². The first-order chi connectivity index (χ1) is 7.74. The molecule has 0 saturated carbocycles. The largest absolute Gasteiger partial charge is 0.384 e. The number of aromatic nitrogens is 4. The average molecular weight is 215 g/mol. The molecule has 3 aromatic rings. The van der Waals surface area contributed by atoms with Gasteiger partial charge in [0, 0.05) is 30.1 Å². The number of nitrogens with one attached hydrogen (secondary N) is 2. The number of fused-ring (bicyclic) bond motifs is 1. The van der Waals surface area contributed by atoms with Crippen LogP contribution < -0.4 is 11.3 Å². The quantitative estimate of drug-likeness (QED) is 0.555. The molecular weight excluding hydrogens is 206 g/mol. The predicted molar refractivity (Wildman–Crippen MR) is 60.0 cm³/mol. The highest BCUT2D eigenvalue weighted by molar-refractivity contribution is 5.61. The molecule has 0 aromatic carbocycles. The Morgan fingerprint density at radius 3 is 3.00 bits per heavy atom. The molecule has 0 aliphatic carbocycles. The van der Waals surface area contributed by atoms with E-state index in [1.54, 1.807) is 18.5 Å². The van der Waals surface area contributed by atoms with Crippen molar-refractivity contribution in [3.63, 3.8) is 0 Å². The van der Waals surface area contributed by atoms with Gasteiger partial charge in [0.15, 0.2) is 5.65 Å². The maximum Gasteiger partial charge on any atom is 0.273 e. The highest BCUT2D eigenvalue weighted by Crippen LogP contribution is 2.15. The molecule has 0 fully saturated rings. The van der Waals surface area contributed by atoms with Crippen LogP contribution in [0.5, 0.6) is 0 Å². The van der Waals surface area contributed by atoms with E-state index >= 15 is 0 Å². The number of rotatable bonds is 1. The minimum absolute atomic E-state index is 0.182. The molecule has 6 heteroatoms. The van der Waals surface area contributed by atoms with Crippen molar-refractivity contribution in [2.24, 2.45) is 0 Å². The van der Waals surface area contributed by atoms with Crippen molar-refractivity contribution in [1.82, 2.24) is 19.6 Å². The van der Waals surface area contributed by atoms with E-state index in [2.05, 4.69) is 15.1 Å². The summed E-state index contributed by atoms with van der Waals surface area (Å²) in [6.45, 7) is 0. The Labute approximate surface area is 89.7 Å². The number of nitrogens with zero attached hydrogens (tertiary/aromatic N) is 2. The molecule has 0 aliphatic rings. The molecular formula is C10H9N5O. The van der Waals surface area contributed by atoms with Crippen LogP contribution in [0, 0.1) is 0 Å². The van der Waals surface area contributed by atoms with E-state index in [0.29, 0.717) is 17.2 Å². The molecule has 3 heterocycles. The summed E-state index contributed by atoms with van der Waals surface area (Å²) in [5, 5.41) is 2.71. The van der Waals surface area contributed by atoms with E-state index in [0.717, 1.165) is 5.56 Å². The van der Waals surface area contributed by atoms with Crippen molar-refractivity contribution in [2.75, 3.05) is 5.73 Å². The summed E-state index contributed by atoms with van der Waals surface area (Å²) in [6, 6.07) is 4.94. The molecule has 0 spiro atoms. The predicted octanol–water partition coefficient (Wildman–Crippen LogP) is 0.600. The molecule has 80 valence electrons. The molecule has 3 rings (SSSR count). The molecule has 3 aromatic heterocycles. The van der Waals surface area contributed by atoms with Crippen LogP contribution >= 0.6 is 0 Å². The topological polar surface area (TPSA) is 92.0 Å². The van der Waals surface area contributed by atoms with Crippen LogP contribution in [0.25, 0.3) is 16.9 Å². The van der Waals surface area contributed by atoms with Gasteiger partial charge >= 0.3 is 0 Å². The highest BCUT2D eigenvalue weighted by Gasteiger charge is 2.06. The van der Waals surface area contributed by atoms with E-state index < -0.39 is 0 Å². The summed E-state index contributed by atoms with van der Waals surface area (Å²) in [5.74, 6) is 0.413.